The maximum atomic E-state index is 12.7. The molecule has 1 fully saturated rings. The van der Waals surface area contributed by atoms with Gasteiger partial charge in [-0.3, -0.25) is 14.9 Å². The molecule has 32 heavy (non-hydrogen) atoms. The lowest BCUT2D eigenvalue weighted by Crippen LogP contribution is -2.28. The predicted octanol–water partition coefficient (Wildman–Crippen LogP) is 3.01. The summed E-state index contributed by atoms with van der Waals surface area (Å²) in [6.07, 6.45) is 1.49. The van der Waals surface area contributed by atoms with Crippen molar-refractivity contribution in [1.29, 1.82) is 5.26 Å². The maximum Gasteiger partial charge on any atom is 0.312 e. The van der Waals surface area contributed by atoms with Crippen molar-refractivity contribution >= 4 is 39.1 Å². The Morgan fingerprint density at radius 3 is 2.66 bits per heavy atom. The van der Waals surface area contributed by atoms with E-state index in [2.05, 4.69) is 5.32 Å². The first-order chi connectivity index (χ1) is 15.3. The lowest BCUT2D eigenvalue weighted by molar-refractivity contribution is -0.386. The van der Waals surface area contributed by atoms with Crippen molar-refractivity contribution in [2.24, 2.45) is 0 Å². The van der Waals surface area contributed by atoms with Crippen molar-refractivity contribution in [2.45, 2.75) is 22.6 Å². The van der Waals surface area contributed by atoms with Gasteiger partial charge in [0.15, 0.2) is 12.4 Å². The molecule has 0 bridgehead atoms. The number of nitriles is 1. The number of nitrogens with one attached hydrogen (secondary N) is 1. The van der Waals surface area contributed by atoms with E-state index in [1.54, 1.807) is 24.3 Å². The number of ether oxygens (including phenoxy) is 1. The summed E-state index contributed by atoms with van der Waals surface area (Å²) in [5, 5.41) is 22.9. The lowest BCUT2D eigenvalue weighted by Gasteiger charge is -2.16. The number of para-hydroxylation sites is 1. The van der Waals surface area contributed by atoms with Crippen molar-refractivity contribution in [1.82, 2.24) is 4.31 Å². The van der Waals surface area contributed by atoms with Crippen LogP contribution < -0.4 is 10.1 Å². The predicted molar refractivity (Wildman–Crippen MR) is 118 cm³/mol. The highest BCUT2D eigenvalue weighted by atomic mass is 32.2. The molecule has 1 aliphatic rings. The normalized spacial score (nSPS) is 14.0. The Hall–Kier alpha value is -3.14. The highest BCUT2D eigenvalue weighted by Gasteiger charge is 2.30. The number of hydrogen-bond acceptors (Lipinski definition) is 8. The number of carbonyl (C=O) groups is 1. The number of sulfonamides is 1. The van der Waals surface area contributed by atoms with Gasteiger partial charge in [-0.25, -0.2) is 8.42 Å². The van der Waals surface area contributed by atoms with E-state index in [-0.39, 0.29) is 16.4 Å². The number of anilines is 1. The Morgan fingerprint density at radius 2 is 1.97 bits per heavy atom. The van der Waals surface area contributed by atoms with Crippen LogP contribution in [0.5, 0.6) is 5.75 Å². The monoisotopic (exact) mass is 476 g/mol. The van der Waals surface area contributed by atoms with Gasteiger partial charge in [0.2, 0.25) is 10.0 Å². The van der Waals surface area contributed by atoms with E-state index >= 15 is 0 Å². The summed E-state index contributed by atoms with van der Waals surface area (Å²) in [6, 6.07) is 12.3. The molecule has 168 valence electrons. The minimum atomic E-state index is -3.83. The number of hydrogen-bond donors (Lipinski definition) is 1. The number of amides is 1. The van der Waals surface area contributed by atoms with Crippen LogP contribution in [0, 0.1) is 21.4 Å². The van der Waals surface area contributed by atoms with Crippen molar-refractivity contribution in [2.75, 3.05) is 30.8 Å². The molecule has 0 unspecified atom stereocenters. The summed E-state index contributed by atoms with van der Waals surface area (Å²) < 4.78 is 32.0. The molecule has 2 aromatic carbocycles. The number of nitrogens with zero attached hydrogens (tertiary/aromatic N) is 3. The van der Waals surface area contributed by atoms with Crippen LogP contribution in [-0.2, 0) is 14.8 Å². The van der Waals surface area contributed by atoms with Crippen LogP contribution in [-0.4, -0.2) is 49.0 Å². The molecule has 0 aromatic heterocycles. The zero-order valence-electron chi connectivity index (χ0n) is 16.9. The molecule has 1 aliphatic heterocycles. The first-order valence-electron chi connectivity index (χ1n) is 9.63. The van der Waals surface area contributed by atoms with E-state index in [0.717, 1.165) is 18.9 Å². The molecular formula is C20H20N4O6S2. The van der Waals surface area contributed by atoms with Crippen molar-refractivity contribution in [3.63, 3.8) is 0 Å². The number of nitro groups is 1. The summed E-state index contributed by atoms with van der Waals surface area (Å²) in [6.45, 7) is 0.238. The zero-order chi connectivity index (χ0) is 23.1. The van der Waals surface area contributed by atoms with E-state index in [1.165, 1.54) is 28.2 Å². The average Bonchev–Trinajstić information content (AvgIpc) is 3.33. The molecule has 1 saturated heterocycles. The number of carbonyl (C=O) groups excluding carboxylic acids is 1. The van der Waals surface area contributed by atoms with E-state index < -0.39 is 33.1 Å². The zero-order valence-corrected chi connectivity index (χ0v) is 18.5. The molecule has 0 radical (unpaired) electrons. The number of nitro benzene ring substituents is 1. The largest absolute Gasteiger partial charge is 0.477 e. The average molecular weight is 477 g/mol. The first-order valence-corrected chi connectivity index (χ1v) is 12.1. The molecule has 1 N–H and O–H groups in total. The van der Waals surface area contributed by atoms with Gasteiger partial charge in [0.05, 0.1) is 27.3 Å². The Bertz CT molecular complexity index is 1160. The van der Waals surface area contributed by atoms with E-state index in [0.29, 0.717) is 23.7 Å². The van der Waals surface area contributed by atoms with Gasteiger partial charge in [-0.05, 0) is 37.1 Å². The van der Waals surface area contributed by atoms with E-state index in [9.17, 15) is 23.3 Å². The second-order valence-corrected chi connectivity index (χ2v) is 9.73. The SMILES string of the molecule is N#CCSc1ccccc1NC(=O)COc1ccc(S(=O)(=O)N2CCCC2)cc1[N+](=O)[O-]. The van der Waals surface area contributed by atoms with E-state index in [1.807, 2.05) is 6.07 Å². The fraction of sp³-hybridized carbons (Fsp3) is 0.300. The highest BCUT2D eigenvalue weighted by Crippen LogP contribution is 2.32. The third-order valence-corrected chi connectivity index (χ3v) is 7.48. The van der Waals surface area contributed by atoms with Crippen molar-refractivity contribution in [3.05, 3.63) is 52.6 Å². The second-order valence-electron chi connectivity index (χ2n) is 6.78. The Morgan fingerprint density at radius 1 is 1.25 bits per heavy atom. The molecular weight excluding hydrogens is 456 g/mol. The third kappa shape index (κ3) is 5.56. The molecule has 10 nitrogen and oxygen atoms in total. The van der Waals surface area contributed by atoms with Gasteiger partial charge in [-0.2, -0.15) is 9.57 Å². The van der Waals surface area contributed by atoms with Gasteiger partial charge in [-0.15, -0.1) is 11.8 Å². The van der Waals surface area contributed by atoms with Crippen molar-refractivity contribution in [3.8, 4) is 11.8 Å². The number of rotatable bonds is 9. The molecule has 0 saturated carbocycles. The van der Waals surface area contributed by atoms with Gasteiger partial charge in [0, 0.05) is 24.1 Å². The fourth-order valence-electron chi connectivity index (χ4n) is 3.14. The molecule has 0 atom stereocenters. The Kier molecular flexibility index (Phi) is 7.68. The summed E-state index contributed by atoms with van der Waals surface area (Å²) in [4.78, 5) is 23.6. The maximum absolute atomic E-state index is 12.7. The van der Waals surface area contributed by atoms with Gasteiger partial charge < -0.3 is 10.1 Å². The first kappa shape index (κ1) is 23.5. The standard InChI is InChI=1S/C20H20N4O6S2/c21-9-12-31-19-6-2-1-5-16(19)22-20(25)14-30-18-8-7-15(13-17(18)24(26)27)32(28,29)23-10-3-4-11-23/h1-2,5-8,13H,3-4,10-12,14H2,(H,22,25). The Labute approximate surface area is 189 Å². The molecule has 1 amide bonds. The minimum absolute atomic E-state index is 0.189. The van der Waals surface area contributed by atoms with E-state index in [4.69, 9.17) is 10.00 Å². The van der Waals surface area contributed by atoms with Crippen LogP contribution >= 0.6 is 11.8 Å². The molecule has 2 aromatic rings. The fourth-order valence-corrected chi connectivity index (χ4v) is 5.34. The molecule has 1 heterocycles. The summed E-state index contributed by atoms with van der Waals surface area (Å²) in [7, 11) is -3.83. The summed E-state index contributed by atoms with van der Waals surface area (Å²) in [5.41, 5.74) is -0.0500. The van der Waals surface area contributed by atoms with Crippen LogP contribution in [0.25, 0.3) is 0 Å². The summed E-state index contributed by atoms with van der Waals surface area (Å²) >= 11 is 1.26. The van der Waals surface area contributed by atoms with Crippen LogP contribution in [0.2, 0.25) is 0 Å². The van der Waals surface area contributed by atoms with Gasteiger partial charge in [0.1, 0.15) is 0 Å². The molecule has 0 spiro atoms. The molecule has 3 rings (SSSR count). The Balaban J connectivity index is 1.72. The topological polar surface area (TPSA) is 143 Å². The number of benzene rings is 2. The number of thioether (sulfide) groups is 1. The van der Waals surface area contributed by atoms with Gasteiger partial charge in [0.25, 0.3) is 5.91 Å². The van der Waals surface area contributed by atoms with Crippen LogP contribution in [0.3, 0.4) is 0 Å². The van der Waals surface area contributed by atoms with Crippen LogP contribution in [0.15, 0.2) is 52.3 Å². The lowest BCUT2D eigenvalue weighted by atomic mass is 10.3. The quantitative estimate of drug-likeness (QED) is 0.330. The minimum Gasteiger partial charge on any atom is -0.477 e. The second kappa shape index (κ2) is 10.4. The highest BCUT2D eigenvalue weighted by molar-refractivity contribution is 7.99. The van der Waals surface area contributed by atoms with Crippen molar-refractivity contribution < 1.29 is 22.9 Å². The van der Waals surface area contributed by atoms with Gasteiger partial charge in [-0.1, -0.05) is 12.1 Å². The van der Waals surface area contributed by atoms with Crippen LogP contribution in [0.1, 0.15) is 12.8 Å². The van der Waals surface area contributed by atoms with Crippen LogP contribution in [0.4, 0.5) is 11.4 Å². The molecule has 12 heteroatoms. The van der Waals surface area contributed by atoms with Gasteiger partial charge >= 0.3 is 5.69 Å². The third-order valence-electron chi connectivity index (χ3n) is 4.64. The summed E-state index contributed by atoms with van der Waals surface area (Å²) in [5.74, 6) is -0.557. The smallest absolute Gasteiger partial charge is 0.312 e. The molecule has 0 aliphatic carbocycles.